The quantitative estimate of drug-likeness (QED) is 0.385. The van der Waals surface area contributed by atoms with Crippen molar-refractivity contribution in [3.63, 3.8) is 0 Å². The van der Waals surface area contributed by atoms with Crippen LogP contribution in [0.4, 0.5) is 16.3 Å². The molecule has 39 heavy (non-hydrogen) atoms. The Hall–Kier alpha value is -3.65. The molecule has 3 aromatic rings. The lowest BCUT2D eigenvalue weighted by Gasteiger charge is -2.37. The molecule has 1 saturated carbocycles. The SMILES string of the molecule is Cc1ccc(N(C(=O)c2ccco2)C2CCN(CCc3ccccc3NC(=O)NC3CCCCC3)CC2)nc1. The molecule has 0 spiro atoms. The Bertz CT molecular complexity index is 1210. The predicted octanol–water partition coefficient (Wildman–Crippen LogP) is 5.79. The summed E-state index contributed by atoms with van der Waals surface area (Å²) >= 11 is 0. The molecule has 8 nitrogen and oxygen atoms in total. The second-order valence-electron chi connectivity index (χ2n) is 10.8. The van der Waals surface area contributed by atoms with Crippen LogP contribution in [0.5, 0.6) is 0 Å². The first-order valence-corrected chi connectivity index (χ1v) is 14.2. The Morgan fingerprint density at radius 3 is 2.51 bits per heavy atom. The monoisotopic (exact) mass is 529 g/mol. The molecule has 3 amide bonds. The molecule has 2 aromatic heterocycles. The molecule has 0 unspecified atom stereocenters. The first-order valence-electron chi connectivity index (χ1n) is 14.2. The van der Waals surface area contributed by atoms with Gasteiger partial charge < -0.3 is 20.0 Å². The van der Waals surface area contributed by atoms with E-state index in [1.807, 2.05) is 37.3 Å². The van der Waals surface area contributed by atoms with Crippen molar-refractivity contribution in [2.24, 2.45) is 0 Å². The third kappa shape index (κ3) is 7.06. The zero-order chi connectivity index (χ0) is 27.0. The standard InChI is InChI=1S/C31H39N5O3/c1-23-13-14-29(32-22-23)36(30(37)28-12-7-21-39-28)26-16-19-35(20-17-26)18-15-24-8-5-6-11-27(24)34-31(38)33-25-9-3-2-4-10-25/h5-8,11-14,21-22,25-26H,2-4,9-10,15-20H2,1H3,(H2,33,34,38). The summed E-state index contributed by atoms with van der Waals surface area (Å²) in [7, 11) is 0. The highest BCUT2D eigenvalue weighted by Gasteiger charge is 2.31. The average molecular weight is 530 g/mol. The summed E-state index contributed by atoms with van der Waals surface area (Å²) in [6.07, 6.45) is 11.7. The van der Waals surface area contributed by atoms with Crippen molar-refractivity contribution < 1.29 is 14.0 Å². The van der Waals surface area contributed by atoms with E-state index in [1.165, 1.54) is 25.5 Å². The Morgan fingerprint density at radius 2 is 1.79 bits per heavy atom. The summed E-state index contributed by atoms with van der Waals surface area (Å²) in [5, 5.41) is 6.23. The lowest BCUT2D eigenvalue weighted by Crippen LogP contribution is -2.48. The van der Waals surface area contributed by atoms with Gasteiger partial charge in [0.1, 0.15) is 5.82 Å². The van der Waals surface area contributed by atoms with Gasteiger partial charge in [-0.25, -0.2) is 9.78 Å². The van der Waals surface area contributed by atoms with Crippen molar-refractivity contribution in [1.29, 1.82) is 0 Å². The highest BCUT2D eigenvalue weighted by molar-refractivity contribution is 6.04. The van der Waals surface area contributed by atoms with Crippen LogP contribution in [0.15, 0.2) is 65.4 Å². The number of nitrogens with one attached hydrogen (secondary N) is 2. The molecule has 1 aliphatic carbocycles. The minimum absolute atomic E-state index is 0.0477. The Balaban J connectivity index is 1.17. The summed E-state index contributed by atoms with van der Waals surface area (Å²) in [4.78, 5) is 34.8. The molecule has 0 radical (unpaired) electrons. The highest BCUT2D eigenvalue weighted by Crippen LogP contribution is 2.26. The van der Waals surface area contributed by atoms with Gasteiger partial charge in [0.15, 0.2) is 5.76 Å². The predicted molar refractivity (Wildman–Crippen MR) is 153 cm³/mol. The van der Waals surface area contributed by atoms with E-state index < -0.39 is 0 Å². The number of aryl methyl sites for hydroxylation is 1. The number of nitrogens with zero attached hydrogens (tertiary/aromatic N) is 3. The number of anilines is 2. The molecule has 206 valence electrons. The number of aromatic nitrogens is 1. The van der Waals surface area contributed by atoms with Crippen LogP contribution in [0.2, 0.25) is 0 Å². The Kier molecular flexibility index (Phi) is 8.93. The van der Waals surface area contributed by atoms with Crippen LogP contribution in [-0.2, 0) is 6.42 Å². The summed E-state index contributed by atoms with van der Waals surface area (Å²) in [6, 6.07) is 15.6. The highest BCUT2D eigenvalue weighted by atomic mass is 16.3. The van der Waals surface area contributed by atoms with Gasteiger partial charge in [-0.15, -0.1) is 0 Å². The molecular formula is C31H39N5O3. The van der Waals surface area contributed by atoms with E-state index in [1.54, 1.807) is 23.2 Å². The van der Waals surface area contributed by atoms with Gasteiger partial charge >= 0.3 is 6.03 Å². The zero-order valence-corrected chi connectivity index (χ0v) is 22.8. The van der Waals surface area contributed by atoms with E-state index in [-0.39, 0.29) is 24.0 Å². The van der Waals surface area contributed by atoms with E-state index in [0.717, 1.165) is 68.6 Å². The molecule has 2 N–H and O–H groups in total. The number of para-hydroxylation sites is 1. The average Bonchev–Trinajstić information content (AvgIpc) is 3.50. The number of rotatable bonds is 8. The Labute approximate surface area is 230 Å². The third-order valence-electron chi connectivity index (χ3n) is 7.92. The van der Waals surface area contributed by atoms with Crippen LogP contribution in [0.3, 0.4) is 0 Å². The lowest BCUT2D eigenvalue weighted by atomic mass is 9.96. The van der Waals surface area contributed by atoms with Gasteiger partial charge in [0.2, 0.25) is 0 Å². The molecule has 8 heteroatoms. The molecule has 1 saturated heterocycles. The molecular weight excluding hydrogens is 490 g/mol. The summed E-state index contributed by atoms with van der Waals surface area (Å²) in [5.41, 5.74) is 3.07. The number of urea groups is 1. The maximum atomic E-state index is 13.4. The fourth-order valence-electron chi connectivity index (χ4n) is 5.71. The molecule has 2 fully saturated rings. The zero-order valence-electron chi connectivity index (χ0n) is 22.8. The second kappa shape index (κ2) is 12.9. The minimum atomic E-state index is -0.152. The van der Waals surface area contributed by atoms with Crippen molar-refractivity contribution in [2.75, 3.05) is 29.9 Å². The smallest absolute Gasteiger partial charge is 0.319 e. The number of hydrogen-bond donors (Lipinski definition) is 2. The molecule has 0 atom stereocenters. The first-order chi connectivity index (χ1) is 19.1. The fourth-order valence-corrected chi connectivity index (χ4v) is 5.71. The molecule has 1 aromatic carbocycles. The van der Waals surface area contributed by atoms with Crippen LogP contribution >= 0.6 is 0 Å². The van der Waals surface area contributed by atoms with E-state index >= 15 is 0 Å². The second-order valence-corrected chi connectivity index (χ2v) is 10.8. The number of amides is 3. The third-order valence-corrected chi connectivity index (χ3v) is 7.92. The molecule has 5 rings (SSSR count). The number of hydrogen-bond acceptors (Lipinski definition) is 5. The van der Waals surface area contributed by atoms with Gasteiger partial charge in [0, 0.05) is 43.6 Å². The topological polar surface area (TPSA) is 90.7 Å². The van der Waals surface area contributed by atoms with Gasteiger partial charge in [-0.1, -0.05) is 43.5 Å². The van der Waals surface area contributed by atoms with Crippen LogP contribution < -0.4 is 15.5 Å². The number of furan rings is 1. The number of benzene rings is 1. The number of carbonyl (C=O) groups is 2. The molecule has 1 aliphatic heterocycles. The fraction of sp³-hybridized carbons (Fsp3) is 0.452. The van der Waals surface area contributed by atoms with Gasteiger partial charge in [0.25, 0.3) is 5.91 Å². The lowest BCUT2D eigenvalue weighted by molar-refractivity contribution is 0.0932. The van der Waals surface area contributed by atoms with Gasteiger partial charge in [0.05, 0.1) is 6.26 Å². The number of piperidine rings is 1. The summed E-state index contributed by atoms with van der Waals surface area (Å²) in [5.74, 6) is 0.838. The van der Waals surface area contributed by atoms with Gasteiger partial charge in [-0.05, 0) is 74.4 Å². The maximum absolute atomic E-state index is 13.4. The maximum Gasteiger partial charge on any atom is 0.319 e. The molecule has 3 heterocycles. The van der Waals surface area contributed by atoms with E-state index in [2.05, 4.69) is 26.6 Å². The van der Waals surface area contributed by atoms with Crippen molar-refractivity contribution in [1.82, 2.24) is 15.2 Å². The summed E-state index contributed by atoms with van der Waals surface area (Å²) in [6.45, 7) is 4.65. The first kappa shape index (κ1) is 26.9. The van der Waals surface area contributed by atoms with Crippen LogP contribution in [-0.4, -0.2) is 53.5 Å². The van der Waals surface area contributed by atoms with Crippen molar-refractivity contribution in [3.05, 3.63) is 77.9 Å². The molecule has 2 aliphatic rings. The number of carbonyl (C=O) groups excluding carboxylic acids is 2. The van der Waals surface area contributed by atoms with E-state index in [4.69, 9.17) is 4.42 Å². The van der Waals surface area contributed by atoms with Crippen LogP contribution in [0, 0.1) is 6.92 Å². The van der Waals surface area contributed by atoms with Crippen molar-refractivity contribution in [2.45, 2.75) is 70.4 Å². The minimum Gasteiger partial charge on any atom is -0.459 e. The van der Waals surface area contributed by atoms with Crippen molar-refractivity contribution >= 4 is 23.4 Å². The normalized spacial score (nSPS) is 17.1. The largest absolute Gasteiger partial charge is 0.459 e. The molecule has 0 bridgehead atoms. The van der Waals surface area contributed by atoms with Crippen molar-refractivity contribution in [3.8, 4) is 0 Å². The van der Waals surface area contributed by atoms with Gasteiger partial charge in [-0.2, -0.15) is 0 Å². The van der Waals surface area contributed by atoms with E-state index in [0.29, 0.717) is 11.6 Å². The Morgan fingerprint density at radius 1 is 1.00 bits per heavy atom. The van der Waals surface area contributed by atoms with Crippen LogP contribution in [0.1, 0.15) is 66.6 Å². The van der Waals surface area contributed by atoms with Gasteiger partial charge in [-0.3, -0.25) is 9.69 Å². The van der Waals surface area contributed by atoms with E-state index in [9.17, 15) is 9.59 Å². The number of pyridine rings is 1. The van der Waals surface area contributed by atoms with Crippen LogP contribution in [0.25, 0.3) is 0 Å². The number of likely N-dealkylation sites (tertiary alicyclic amines) is 1. The summed E-state index contributed by atoms with van der Waals surface area (Å²) < 4.78 is 5.44.